The van der Waals surface area contributed by atoms with E-state index in [1.807, 2.05) is 6.92 Å². The number of carbonyl (C=O) groups excluding carboxylic acids is 1. The van der Waals surface area contributed by atoms with Crippen LogP contribution in [0.25, 0.3) is 0 Å². The van der Waals surface area contributed by atoms with Crippen LogP contribution in [0.5, 0.6) is 5.88 Å². The number of rotatable bonds is 4. The summed E-state index contributed by atoms with van der Waals surface area (Å²) in [7, 11) is 1.48. The summed E-state index contributed by atoms with van der Waals surface area (Å²) in [5.41, 5.74) is 1.19. The lowest BCUT2D eigenvalue weighted by atomic mass is 9.86. The van der Waals surface area contributed by atoms with Gasteiger partial charge in [0.25, 0.3) is 5.91 Å². The normalized spacial score (nSPS) is 21.6. The fraction of sp³-hybridized carbons (Fsp3) is 0.533. The third-order valence-corrected chi connectivity index (χ3v) is 3.85. The second kappa shape index (κ2) is 6.56. The van der Waals surface area contributed by atoms with E-state index in [4.69, 9.17) is 9.84 Å². The van der Waals surface area contributed by atoms with Crippen LogP contribution in [0.1, 0.15) is 41.7 Å². The van der Waals surface area contributed by atoms with Gasteiger partial charge in [-0.15, -0.1) is 0 Å². The second-order valence-electron chi connectivity index (χ2n) is 5.37. The summed E-state index contributed by atoms with van der Waals surface area (Å²) in [6.07, 6.45) is 2.57. The molecule has 2 N–H and O–H groups in total. The van der Waals surface area contributed by atoms with Crippen molar-refractivity contribution in [1.29, 1.82) is 0 Å². The van der Waals surface area contributed by atoms with Crippen molar-refractivity contribution in [3.8, 4) is 5.88 Å². The molecule has 0 unspecified atom stereocenters. The molecule has 0 aromatic carbocycles. The van der Waals surface area contributed by atoms with E-state index in [0.29, 0.717) is 37.1 Å². The molecule has 0 bridgehead atoms. The van der Waals surface area contributed by atoms with E-state index in [0.717, 1.165) is 5.69 Å². The molecule has 2 rings (SSSR count). The Kier molecular flexibility index (Phi) is 4.77. The zero-order chi connectivity index (χ0) is 15.4. The van der Waals surface area contributed by atoms with E-state index in [1.165, 1.54) is 7.11 Å². The zero-order valence-electron chi connectivity index (χ0n) is 12.3. The van der Waals surface area contributed by atoms with E-state index >= 15 is 0 Å². The van der Waals surface area contributed by atoms with Gasteiger partial charge in [0.2, 0.25) is 5.88 Å². The van der Waals surface area contributed by atoms with E-state index in [-0.39, 0.29) is 17.9 Å². The number of pyridine rings is 1. The molecule has 0 spiro atoms. The minimum atomic E-state index is -0.746. The third kappa shape index (κ3) is 3.71. The van der Waals surface area contributed by atoms with Crippen LogP contribution in [0.2, 0.25) is 0 Å². The first-order chi connectivity index (χ1) is 10.0. The number of nitrogens with zero attached hydrogens (tertiary/aromatic N) is 1. The molecule has 1 aliphatic rings. The molecule has 6 heteroatoms. The Morgan fingerprint density at radius 2 is 1.95 bits per heavy atom. The Morgan fingerprint density at radius 3 is 2.52 bits per heavy atom. The van der Waals surface area contributed by atoms with E-state index in [9.17, 15) is 9.59 Å². The largest absolute Gasteiger partial charge is 0.481 e. The van der Waals surface area contributed by atoms with Crippen LogP contribution in [0, 0.1) is 12.8 Å². The average molecular weight is 292 g/mol. The highest BCUT2D eigenvalue weighted by molar-refractivity contribution is 5.96. The van der Waals surface area contributed by atoms with Crippen LogP contribution < -0.4 is 10.1 Å². The predicted molar refractivity (Wildman–Crippen MR) is 76.4 cm³/mol. The molecular weight excluding hydrogens is 272 g/mol. The van der Waals surface area contributed by atoms with E-state index in [2.05, 4.69) is 10.3 Å². The lowest BCUT2D eigenvalue weighted by Crippen LogP contribution is -2.38. The maximum atomic E-state index is 12.3. The maximum Gasteiger partial charge on any atom is 0.306 e. The summed E-state index contributed by atoms with van der Waals surface area (Å²) in [5, 5.41) is 11.9. The summed E-state index contributed by atoms with van der Waals surface area (Å²) in [5.74, 6) is -0.942. The van der Waals surface area contributed by atoms with Gasteiger partial charge in [-0.1, -0.05) is 0 Å². The predicted octanol–water partition coefficient (Wildman–Crippen LogP) is 1.77. The third-order valence-electron chi connectivity index (χ3n) is 3.85. The number of methoxy groups -OCH3 is 1. The molecule has 1 fully saturated rings. The van der Waals surface area contributed by atoms with Gasteiger partial charge in [-0.2, -0.15) is 0 Å². The van der Waals surface area contributed by atoms with Crippen molar-refractivity contribution in [2.45, 2.75) is 38.6 Å². The number of nitrogens with one attached hydrogen (secondary N) is 1. The van der Waals surface area contributed by atoms with Crippen molar-refractivity contribution >= 4 is 11.9 Å². The molecule has 1 aliphatic carbocycles. The molecule has 0 atom stereocenters. The summed E-state index contributed by atoms with van der Waals surface area (Å²) in [6.45, 7) is 1.83. The Balaban J connectivity index is 1.98. The average Bonchev–Trinajstić information content (AvgIpc) is 2.47. The van der Waals surface area contributed by atoms with Crippen LogP contribution in [0.15, 0.2) is 12.1 Å². The minimum absolute atomic E-state index is 0.0131. The molecule has 0 saturated heterocycles. The van der Waals surface area contributed by atoms with E-state index in [1.54, 1.807) is 12.1 Å². The molecule has 1 saturated carbocycles. The van der Waals surface area contributed by atoms with E-state index < -0.39 is 5.97 Å². The van der Waals surface area contributed by atoms with Crippen molar-refractivity contribution in [3.63, 3.8) is 0 Å². The summed E-state index contributed by atoms with van der Waals surface area (Å²) in [6, 6.07) is 3.47. The standard InChI is InChI=1S/C15H20N2O4/c1-9-3-8-12(14(16-9)21-2)13(18)17-11-6-4-10(5-7-11)15(19)20/h3,8,10-11H,4-7H2,1-2H3,(H,17,18)(H,19,20). The molecule has 0 aliphatic heterocycles. The molecule has 0 radical (unpaired) electrons. The highest BCUT2D eigenvalue weighted by atomic mass is 16.5. The molecule has 1 aromatic rings. The first-order valence-corrected chi connectivity index (χ1v) is 7.06. The summed E-state index contributed by atoms with van der Waals surface area (Å²) >= 11 is 0. The van der Waals surface area contributed by atoms with Gasteiger partial charge >= 0.3 is 5.97 Å². The molecule has 114 valence electrons. The number of aryl methyl sites for hydroxylation is 1. The molecule has 1 amide bonds. The molecule has 21 heavy (non-hydrogen) atoms. The lowest BCUT2D eigenvalue weighted by molar-refractivity contribution is -0.142. The first-order valence-electron chi connectivity index (χ1n) is 7.06. The number of ether oxygens (including phenoxy) is 1. The van der Waals surface area contributed by atoms with Gasteiger partial charge in [0.1, 0.15) is 5.56 Å². The number of hydrogen-bond acceptors (Lipinski definition) is 4. The number of amides is 1. The molecular formula is C15H20N2O4. The topological polar surface area (TPSA) is 88.5 Å². The van der Waals surface area contributed by atoms with Crippen molar-refractivity contribution in [3.05, 3.63) is 23.4 Å². The molecule has 1 heterocycles. The van der Waals surface area contributed by atoms with Gasteiger partial charge in [0, 0.05) is 11.7 Å². The number of aliphatic carboxylic acids is 1. The first kappa shape index (κ1) is 15.3. The van der Waals surface area contributed by atoms with Crippen LogP contribution in [-0.2, 0) is 4.79 Å². The smallest absolute Gasteiger partial charge is 0.306 e. The van der Waals surface area contributed by atoms with Gasteiger partial charge in [-0.3, -0.25) is 9.59 Å². The van der Waals surface area contributed by atoms with Gasteiger partial charge in [0.05, 0.1) is 13.0 Å². The second-order valence-corrected chi connectivity index (χ2v) is 5.37. The number of carboxylic acid groups (broad SMARTS) is 1. The zero-order valence-corrected chi connectivity index (χ0v) is 12.3. The van der Waals surface area contributed by atoms with Gasteiger partial charge in [0.15, 0.2) is 0 Å². The van der Waals surface area contributed by atoms with Crippen LogP contribution in [-0.4, -0.2) is 35.1 Å². The minimum Gasteiger partial charge on any atom is -0.481 e. The van der Waals surface area contributed by atoms with Crippen LogP contribution in [0.4, 0.5) is 0 Å². The van der Waals surface area contributed by atoms with Crippen LogP contribution in [0.3, 0.4) is 0 Å². The van der Waals surface area contributed by atoms with Crippen molar-refractivity contribution in [2.75, 3.05) is 7.11 Å². The Labute approximate surface area is 123 Å². The highest BCUT2D eigenvalue weighted by Crippen LogP contribution is 2.25. The molecule has 6 nitrogen and oxygen atoms in total. The van der Waals surface area contributed by atoms with Gasteiger partial charge in [-0.25, -0.2) is 4.98 Å². The summed E-state index contributed by atoms with van der Waals surface area (Å²) in [4.78, 5) is 27.4. The number of carboxylic acids is 1. The van der Waals surface area contributed by atoms with Crippen molar-refractivity contribution in [1.82, 2.24) is 10.3 Å². The molecule has 1 aromatic heterocycles. The Hall–Kier alpha value is -2.11. The number of carbonyl (C=O) groups is 2. The van der Waals surface area contributed by atoms with Gasteiger partial charge < -0.3 is 15.2 Å². The monoisotopic (exact) mass is 292 g/mol. The highest BCUT2D eigenvalue weighted by Gasteiger charge is 2.27. The fourth-order valence-electron chi connectivity index (χ4n) is 2.61. The van der Waals surface area contributed by atoms with Crippen molar-refractivity contribution in [2.24, 2.45) is 5.92 Å². The van der Waals surface area contributed by atoms with Gasteiger partial charge in [-0.05, 0) is 44.7 Å². The quantitative estimate of drug-likeness (QED) is 0.883. The Bertz CT molecular complexity index is 536. The number of hydrogen-bond donors (Lipinski definition) is 2. The van der Waals surface area contributed by atoms with Crippen LogP contribution >= 0.6 is 0 Å². The lowest BCUT2D eigenvalue weighted by Gasteiger charge is -2.26. The number of aromatic nitrogens is 1. The maximum absolute atomic E-state index is 12.3. The summed E-state index contributed by atoms with van der Waals surface area (Å²) < 4.78 is 5.14. The Morgan fingerprint density at radius 1 is 1.29 bits per heavy atom. The SMILES string of the molecule is COc1nc(C)ccc1C(=O)NC1CCC(C(=O)O)CC1. The van der Waals surface area contributed by atoms with Crippen molar-refractivity contribution < 1.29 is 19.4 Å². The fourth-order valence-corrected chi connectivity index (χ4v) is 2.61.